The predicted molar refractivity (Wildman–Crippen MR) is 95.7 cm³/mol. The zero-order chi connectivity index (χ0) is 19.7. The number of aryl methyl sites for hydroxylation is 2. The van der Waals surface area contributed by atoms with Gasteiger partial charge >= 0.3 is 0 Å². The third-order valence-corrected chi connectivity index (χ3v) is 5.35. The van der Waals surface area contributed by atoms with Gasteiger partial charge in [-0.3, -0.25) is 0 Å². The summed E-state index contributed by atoms with van der Waals surface area (Å²) in [5.74, 6) is 1.11. The Morgan fingerprint density at radius 1 is 1.00 bits per heavy atom. The lowest BCUT2D eigenvalue weighted by atomic mass is 9.78. The molecule has 148 valence electrons. The summed E-state index contributed by atoms with van der Waals surface area (Å²) in [6.07, 6.45) is 4.21. The lowest BCUT2D eigenvalue weighted by Gasteiger charge is -2.26. The van der Waals surface area contributed by atoms with Crippen molar-refractivity contribution in [2.45, 2.75) is 63.7 Å². The molecule has 8 heteroatoms. The van der Waals surface area contributed by atoms with Crippen LogP contribution < -0.4 is 0 Å². The topological polar surface area (TPSA) is 77.8 Å². The zero-order valence-corrected chi connectivity index (χ0v) is 15.9. The first-order chi connectivity index (χ1) is 13.5. The van der Waals surface area contributed by atoms with Crippen LogP contribution in [0.15, 0.2) is 27.2 Å². The van der Waals surface area contributed by atoms with Gasteiger partial charge in [-0.25, -0.2) is 8.78 Å². The number of nitrogens with zero attached hydrogens (tertiary/aromatic N) is 4. The monoisotopic (exact) mass is 388 g/mol. The van der Waals surface area contributed by atoms with Gasteiger partial charge in [-0.05, 0) is 18.9 Å². The highest BCUT2D eigenvalue weighted by Gasteiger charge is 2.43. The van der Waals surface area contributed by atoms with Gasteiger partial charge in [0.25, 0.3) is 0 Å². The van der Waals surface area contributed by atoms with Crippen molar-refractivity contribution in [3.63, 3.8) is 0 Å². The lowest BCUT2D eigenvalue weighted by molar-refractivity contribution is 0.343. The van der Waals surface area contributed by atoms with E-state index in [0.29, 0.717) is 54.7 Å². The summed E-state index contributed by atoms with van der Waals surface area (Å²) in [5, 5.41) is 8.08. The van der Waals surface area contributed by atoms with Gasteiger partial charge in [-0.2, -0.15) is 9.97 Å². The Balaban J connectivity index is 1.55. The second-order valence-corrected chi connectivity index (χ2v) is 7.63. The minimum absolute atomic E-state index is 0.195. The maximum absolute atomic E-state index is 14.5. The van der Waals surface area contributed by atoms with E-state index >= 15 is 0 Å². The number of hydrogen-bond acceptors (Lipinski definition) is 6. The van der Waals surface area contributed by atoms with Crippen LogP contribution in [0.1, 0.15) is 74.4 Å². The fourth-order valence-corrected chi connectivity index (χ4v) is 3.84. The largest absolute Gasteiger partial charge is 0.339 e. The Morgan fingerprint density at radius 3 is 2.32 bits per heavy atom. The van der Waals surface area contributed by atoms with Crippen molar-refractivity contribution in [2.75, 3.05) is 0 Å². The average molecular weight is 388 g/mol. The molecular formula is C20H22F2N4O2. The van der Waals surface area contributed by atoms with E-state index in [1.165, 1.54) is 12.1 Å². The fourth-order valence-electron chi connectivity index (χ4n) is 3.84. The number of halogens is 2. The van der Waals surface area contributed by atoms with Crippen molar-refractivity contribution in [1.29, 1.82) is 0 Å². The number of benzene rings is 1. The van der Waals surface area contributed by atoms with E-state index in [0.717, 1.165) is 18.9 Å². The first-order valence-electron chi connectivity index (χ1n) is 9.59. The Morgan fingerprint density at radius 2 is 1.68 bits per heavy atom. The van der Waals surface area contributed by atoms with Crippen LogP contribution >= 0.6 is 0 Å². The van der Waals surface area contributed by atoms with Crippen molar-refractivity contribution < 1.29 is 17.8 Å². The first kappa shape index (κ1) is 18.7. The minimum atomic E-state index is -0.672. The van der Waals surface area contributed by atoms with E-state index < -0.39 is 17.0 Å². The van der Waals surface area contributed by atoms with Gasteiger partial charge in [0.2, 0.25) is 11.8 Å². The molecule has 2 heterocycles. The molecule has 0 saturated heterocycles. The molecule has 0 aliphatic heterocycles. The summed E-state index contributed by atoms with van der Waals surface area (Å²) < 4.78 is 38.5. The number of aromatic nitrogens is 4. The maximum Gasteiger partial charge on any atom is 0.227 e. The van der Waals surface area contributed by atoms with Crippen LogP contribution in [0.5, 0.6) is 0 Å². The van der Waals surface area contributed by atoms with E-state index in [9.17, 15) is 8.78 Å². The first-order valence-corrected chi connectivity index (χ1v) is 9.59. The molecule has 28 heavy (non-hydrogen) atoms. The summed E-state index contributed by atoms with van der Waals surface area (Å²) >= 11 is 0. The smallest absolute Gasteiger partial charge is 0.227 e. The lowest BCUT2D eigenvalue weighted by Crippen LogP contribution is -2.27. The third-order valence-electron chi connectivity index (χ3n) is 5.35. The average Bonchev–Trinajstić information content (AvgIpc) is 3.40. The van der Waals surface area contributed by atoms with Gasteiger partial charge in [0, 0.05) is 30.4 Å². The van der Waals surface area contributed by atoms with E-state index in [4.69, 9.17) is 9.05 Å². The molecule has 2 aromatic heterocycles. The van der Waals surface area contributed by atoms with Crippen molar-refractivity contribution >= 4 is 0 Å². The van der Waals surface area contributed by atoms with Gasteiger partial charge < -0.3 is 9.05 Å². The van der Waals surface area contributed by atoms with Crippen molar-refractivity contribution in [3.05, 3.63) is 58.8 Å². The molecule has 0 radical (unpaired) electrons. The van der Waals surface area contributed by atoms with Crippen molar-refractivity contribution in [3.8, 4) is 0 Å². The van der Waals surface area contributed by atoms with Crippen LogP contribution in [0.4, 0.5) is 8.78 Å². The normalized spacial score (nSPS) is 16.2. The molecule has 0 atom stereocenters. The van der Waals surface area contributed by atoms with Crippen LogP contribution in [-0.4, -0.2) is 20.3 Å². The molecule has 0 unspecified atom stereocenters. The van der Waals surface area contributed by atoms with E-state index in [2.05, 4.69) is 20.3 Å². The van der Waals surface area contributed by atoms with Crippen molar-refractivity contribution in [1.82, 2.24) is 20.3 Å². The van der Waals surface area contributed by atoms with Gasteiger partial charge in [-0.1, -0.05) is 43.1 Å². The molecule has 4 rings (SSSR count). The maximum atomic E-state index is 14.5. The molecule has 0 spiro atoms. The molecule has 6 nitrogen and oxygen atoms in total. The highest BCUT2D eigenvalue weighted by Crippen LogP contribution is 2.46. The molecule has 1 aromatic carbocycles. The second kappa shape index (κ2) is 7.41. The summed E-state index contributed by atoms with van der Waals surface area (Å²) in [6, 6.07) is 3.69. The van der Waals surface area contributed by atoms with Crippen LogP contribution in [0.2, 0.25) is 0 Å². The zero-order valence-electron chi connectivity index (χ0n) is 15.9. The summed E-state index contributed by atoms with van der Waals surface area (Å²) in [4.78, 5) is 8.87. The van der Waals surface area contributed by atoms with Crippen LogP contribution in [0.25, 0.3) is 0 Å². The Hall–Kier alpha value is -2.64. The van der Waals surface area contributed by atoms with Crippen molar-refractivity contribution in [2.24, 2.45) is 0 Å². The second-order valence-electron chi connectivity index (χ2n) is 7.63. The van der Waals surface area contributed by atoms with E-state index in [1.807, 2.05) is 13.8 Å². The van der Waals surface area contributed by atoms with Crippen LogP contribution in [0, 0.1) is 11.6 Å². The highest BCUT2D eigenvalue weighted by molar-refractivity contribution is 5.35. The van der Waals surface area contributed by atoms with Gasteiger partial charge in [0.15, 0.2) is 11.6 Å². The molecule has 0 amide bonds. The molecule has 1 fully saturated rings. The van der Waals surface area contributed by atoms with Crippen LogP contribution in [0.3, 0.4) is 0 Å². The predicted octanol–water partition coefficient (Wildman–Crippen LogP) is 4.50. The summed E-state index contributed by atoms with van der Waals surface area (Å²) in [6.45, 7) is 3.99. The number of hydrogen-bond donors (Lipinski definition) is 0. The standard InChI is InChI=1S/C20H22F2N4O2/c1-12(2)18-23-16(27-25-18)7-8-17-24-19(26-28-17)20(9-3-4-10-20)14-6-5-13(21)11-15(14)22/h5-6,11-12H,3-4,7-10H2,1-2H3. The fraction of sp³-hybridized carbons (Fsp3) is 0.500. The molecular weight excluding hydrogens is 366 g/mol. The molecule has 1 aliphatic carbocycles. The van der Waals surface area contributed by atoms with E-state index in [-0.39, 0.29) is 5.92 Å². The Labute approximate surface area is 161 Å². The highest BCUT2D eigenvalue weighted by atomic mass is 19.1. The molecule has 1 aliphatic rings. The molecule has 0 bridgehead atoms. The Bertz CT molecular complexity index is 961. The molecule has 1 saturated carbocycles. The third kappa shape index (κ3) is 3.43. The van der Waals surface area contributed by atoms with Gasteiger partial charge in [-0.15, -0.1) is 0 Å². The van der Waals surface area contributed by atoms with Gasteiger partial charge in [0.05, 0.1) is 5.41 Å². The molecule has 3 aromatic rings. The van der Waals surface area contributed by atoms with E-state index in [1.54, 1.807) is 0 Å². The van der Waals surface area contributed by atoms with Gasteiger partial charge in [0.1, 0.15) is 11.6 Å². The Kier molecular flexibility index (Phi) is 4.95. The number of rotatable bonds is 6. The minimum Gasteiger partial charge on any atom is -0.339 e. The summed E-state index contributed by atoms with van der Waals surface area (Å²) in [5.41, 5.74) is -0.244. The SMILES string of the molecule is CC(C)c1noc(CCc2nc(C3(c4ccc(F)cc4F)CCCC3)no2)n1. The summed E-state index contributed by atoms with van der Waals surface area (Å²) in [7, 11) is 0. The van der Waals surface area contributed by atoms with Crippen LogP contribution in [-0.2, 0) is 18.3 Å². The molecule has 0 N–H and O–H groups in total. The quantitative estimate of drug-likeness (QED) is 0.619.